The Bertz CT molecular complexity index is 557. The molecule has 22 heavy (non-hydrogen) atoms. The Morgan fingerprint density at radius 1 is 1.18 bits per heavy atom. The molecule has 1 aromatic rings. The molecule has 4 nitrogen and oxygen atoms in total. The summed E-state index contributed by atoms with van der Waals surface area (Å²) in [5, 5.41) is 2.82. The molecule has 1 atom stereocenters. The Balaban J connectivity index is 2.13. The molecule has 2 rings (SSSR count). The van der Waals surface area contributed by atoms with Crippen LogP contribution >= 0.6 is 0 Å². The van der Waals surface area contributed by atoms with Crippen molar-refractivity contribution in [1.82, 2.24) is 4.90 Å². The zero-order chi connectivity index (χ0) is 16.3. The third-order valence-corrected chi connectivity index (χ3v) is 4.47. The SMILES string of the molecule is CCC1CCCCN1C(=O)C(=O)Nc1c(C)cc(C)cc1C. The van der Waals surface area contributed by atoms with Gasteiger partial charge in [-0.05, 0) is 57.6 Å². The van der Waals surface area contributed by atoms with Gasteiger partial charge in [0.1, 0.15) is 0 Å². The monoisotopic (exact) mass is 302 g/mol. The van der Waals surface area contributed by atoms with Gasteiger partial charge in [0.25, 0.3) is 0 Å². The Morgan fingerprint density at radius 2 is 1.82 bits per heavy atom. The minimum atomic E-state index is -0.518. The molecule has 0 aliphatic carbocycles. The zero-order valence-electron chi connectivity index (χ0n) is 14.0. The van der Waals surface area contributed by atoms with E-state index in [1.54, 1.807) is 4.90 Å². The number of anilines is 1. The van der Waals surface area contributed by atoms with E-state index in [0.717, 1.165) is 48.1 Å². The third-order valence-electron chi connectivity index (χ3n) is 4.47. The number of nitrogens with zero attached hydrogens (tertiary/aromatic N) is 1. The summed E-state index contributed by atoms with van der Waals surface area (Å²) in [7, 11) is 0. The fraction of sp³-hybridized carbons (Fsp3) is 0.556. The van der Waals surface area contributed by atoms with Crippen molar-refractivity contribution in [2.75, 3.05) is 11.9 Å². The van der Waals surface area contributed by atoms with Gasteiger partial charge in [0.15, 0.2) is 0 Å². The van der Waals surface area contributed by atoms with E-state index in [9.17, 15) is 9.59 Å². The second-order valence-corrected chi connectivity index (χ2v) is 6.28. The van der Waals surface area contributed by atoms with Crippen LogP contribution < -0.4 is 5.32 Å². The summed E-state index contributed by atoms with van der Waals surface area (Å²) in [6.07, 6.45) is 4.03. The minimum Gasteiger partial charge on any atom is -0.331 e. The first-order valence-corrected chi connectivity index (χ1v) is 8.13. The highest BCUT2D eigenvalue weighted by atomic mass is 16.2. The van der Waals surface area contributed by atoms with Gasteiger partial charge in [0.2, 0.25) is 0 Å². The second-order valence-electron chi connectivity index (χ2n) is 6.28. The highest BCUT2D eigenvalue weighted by Gasteiger charge is 2.30. The molecule has 0 bridgehead atoms. The lowest BCUT2D eigenvalue weighted by Gasteiger charge is -2.34. The van der Waals surface area contributed by atoms with Gasteiger partial charge in [-0.2, -0.15) is 0 Å². The summed E-state index contributed by atoms with van der Waals surface area (Å²) in [6, 6.07) is 4.23. The maximum absolute atomic E-state index is 12.5. The van der Waals surface area contributed by atoms with Gasteiger partial charge < -0.3 is 10.2 Å². The van der Waals surface area contributed by atoms with E-state index in [1.165, 1.54) is 0 Å². The van der Waals surface area contributed by atoms with Gasteiger partial charge in [0, 0.05) is 18.3 Å². The van der Waals surface area contributed by atoms with E-state index in [4.69, 9.17) is 0 Å². The van der Waals surface area contributed by atoms with Gasteiger partial charge in [-0.3, -0.25) is 9.59 Å². The molecule has 1 fully saturated rings. The van der Waals surface area contributed by atoms with Gasteiger partial charge in [-0.1, -0.05) is 24.6 Å². The molecule has 1 N–H and O–H groups in total. The molecule has 1 aliphatic heterocycles. The van der Waals surface area contributed by atoms with Crippen molar-refractivity contribution in [3.63, 3.8) is 0 Å². The zero-order valence-corrected chi connectivity index (χ0v) is 14.0. The number of hydrogen-bond donors (Lipinski definition) is 1. The van der Waals surface area contributed by atoms with Gasteiger partial charge in [0.05, 0.1) is 0 Å². The molecule has 0 radical (unpaired) electrons. The number of benzene rings is 1. The molecule has 1 saturated heterocycles. The number of amides is 2. The Kier molecular flexibility index (Phi) is 5.22. The maximum Gasteiger partial charge on any atom is 0.313 e. The predicted octanol–water partition coefficient (Wildman–Crippen LogP) is 3.34. The predicted molar refractivity (Wildman–Crippen MR) is 88.9 cm³/mol. The molecular weight excluding hydrogens is 276 g/mol. The van der Waals surface area contributed by atoms with Crippen molar-refractivity contribution in [3.05, 3.63) is 28.8 Å². The molecule has 0 aromatic heterocycles. The van der Waals surface area contributed by atoms with Crippen LogP contribution in [-0.2, 0) is 9.59 Å². The molecule has 2 amide bonds. The van der Waals surface area contributed by atoms with Crippen LogP contribution in [0, 0.1) is 20.8 Å². The molecule has 1 unspecified atom stereocenters. The summed E-state index contributed by atoms with van der Waals surface area (Å²) in [4.78, 5) is 26.6. The van der Waals surface area contributed by atoms with Crippen LogP contribution in [0.3, 0.4) is 0 Å². The first-order chi connectivity index (χ1) is 10.4. The van der Waals surface area contributed by atoms with Crippen LogP contribution in [-0.4, -0.2) is 29.3 Å². The highest BCUT2D eigenvalue weighted by molar-refractivity contribution is 6.39. The Hall–Kier alpha value is -1.84. The first-order valence-electron chi connectivity index (χ1n) is 8.13. The number of nitrogens with one attached hydrogen (secondary N) is 1. The van der Waals surface area contributed by atoms with Crippen LogP contribution in [0.15, 0.2) is 12.1 Å². The Morgan fingerprint density at radius 3 is 2.41 bits per heavy atom. The van der Waals surface area contributed by atoms with Crippen molar-refractivity contribution in [3.8, 4) is 0 Å². The van der Waals surface area contributed by atoms with Crippen molar-refractivity contribution in [2.45, 2.75) is 59.4 Å². The molecular formula is C18H26N2O2. The largest absolute Gasteiger partial charge is 0.331 e. The lowest BCUT2D eigenvalue weighted by molar-refractivity contribution is -0.145. The van der Waals surface area contributed by atoms with Crippen molar-refractivity contribution in [1.29, 1.82) is 0 Å². The first kappa shape index (κ1) is 16.5. The fourth-order valence-electron chi connectivity index (χ4n) is 3.37. The number of hydrogen-bond acceptors (Lipinski definition) is 2. The van der Waals surface area contributed by atoms with Crippen LogP contribution in [0.2, 0.25) is 0 Å². The summed E-state index contributed by atoms with van der Waals surface area (Å²) >= 11 is 0. The van der Waals surface area contributed by atoms with Gasteiger partial charge >= 0.3 is 11.8 Å². The topological polar surface area (TPSA) is 49.4 Å². The lowest BCUT2D eigenvalue weighted by atomic mass is 10.00. The van der Waals surface area contributed by atoms with Gasteiger partial charge in [-0.25, -0.2) is 0 Å². The number of likely N-dealkylation sites (tertiary alicyclic amines) is 1. The smallest absolute Gasteiger partial charge is 0.313 e. The molecule has 1 aromatic carbocycles. The maximum atomic E-state index is 12.5. The lowest BCUT2D eigenvalue weighted by Crippen LogP contribution is -2.48. The fourth-order valence-corrected chi connectivity index (χ4v) is 3.37. The number of piperidine rings is 1. The number of rotatable bonds is 2. The van der Waals surface area contributed by atoms with Crippen LogP contribution in [0.4, 0.5) is 5.69 Å². The number of carbonyl (C=O) groups is 2. The van der Waals surface area contributed by atoms with Crippen molar-refractivity contribution < 1.29 is 9.59 Å². The molecule has 120 valence electrons. The van der Waals surface area contributed by atoms with E-state index < -0.39 is 11.8 Å². The highest BCUT2D eigenvalue weighted by Crippen LogP contribution is 2.23. The molecule has 1 aliphatic rings. The van der Waals surface area contributed by atoms with E-state index in [0.29, 0.717) is 6.54 Å². The van der Waals surface area contributed by atoms with E-state index in [-0.39, 0.29) is 6.04 Å². The van der Waals surface area contributed by atoms with E-state index in [1.807, 2.05) is 32.9 Å². The quantitative estimate of drug-likeness (QED) is 0.852. The summed E-state index contributed by atoms with van der Waals surface area (Å²) in [5.74, 6) is -0.915. The van der Waals surface area contributed by atoms with Crippen molar-refractivity contribution >= 4 is 17.5 Å². The average Bonchev–Trinajstić information content (AvgIpc) is 2.49. The molecule has 1 heterocycles. The van der Waals surface area contributed by atoms with Gasteiger partial charge in [-0.15, -0.1) is 0 Å². The second kappa shape index (κ2) is 6.95. The standard InChI is InChI=1S/C18H26N2O2/c1-5-15-8-6-7-9-20(15)18(22)17(21)19-16-13(3)10-12(2)11-14(16)4/h10-11,15H,5-9H2,1-4H3,(H,19,21). The van der Waals surface area contributed by atoms with Crippen molar-refractivity contribution in [2.24, 2.45) is 0 Å². The molecule has 0 saturated carbocycles. The summed E-state index contributed by atoms with van der Waals surface area (Å²) < 4.78 is 0. The van der Waals surface area contributed by atoms with Crippen LogP contribution in [0.5, 0.6) is 0 Å². The van der Waals surface area contributed by atoms with Crippen LogP contribution in [0.25, 0.3) is 0 Å². The normalized spacial score (nSPS) is 18.2. The third kappa shape index (κ3) is 3.49. The Labute approximate surface area is 132 Å². The number of carbonyl (C=O) groups excluding carboxylic acids is 2. The molecule has 4 heteroatoms. The van der Waals surface area contributed by atoms with E-state index in [2.05, 4.69) is 12.2 Å². The summed E-state index contributed by atoms with van der Waals surface area (Å²) in [5.41, 5.74) is 3.89. The number of aryl methyl sites for hydroxylation is 3. The molecule has 0 spiro atoms. The average molecular weight is 302 g/mol. The summed E-state index contributed by atoms with van der Waals surface area (Å²) in [6.45, 7) is 8.70. The minimum absolute atomic E-state index is 0.201. The van der Waals surface area contributed by atoms with E-state index >= 15 is 0 Å². The van der Waals surface area contributed by atoms with Crippen LogP contribution in [0.1, 0.15) is 49.3 Å².